The molecule has 0 fully saturated rings. The average molecular weight is 664 g/mol. The predicted octanol–water partition coefficient (Wildman–Crippen LogP) is 14.4. The molecule has 0 radical (unpaired) electrons. The maximum absolute atomic E-state index is 6.27. The first-order chi connectivity index (χ1) is 25.7. The molecule has 10 aromatic rings. The highest BCUT2D eigenvalue weighted by atomic mass is 16.3. The molecule has 10 rings (SSSR count). The summed E-state index contributed by atoms with van der Waals surface area (Å²) in [4.78, 5) is 2.39. The van der Waals surface area contributed by atoms with Crippen molar-refractivity contribution in [3.8, 4) is 33.4 Å². The van der Waals surface area contributed by atoms with Crippen LogP contribution < -0.4 is 4.90 Å². The van der Waals surface area contributed by atoms with Crippen molar-refractivity contribution >= 4 is 60.5 Å². The molecule has 0 spiro atoms. The number of fused-ring (bicyclic) bond motifs is 6. The van der Waals surface area contributed by atoms with Crippen molar-refractivity contribution in [2.75, 3.05) is 4.90 Å². The molecule has 0 bridgehead atoms. The van der Waals surface area contributed by atoms with Gasteiger partial charge in [0.2, 0.25) is 0 Å². The molecule has 2 heteroatoms. The minimum Gasteiger partial charge on any atom is -0.456 e. The molecule has 9 aromatic carbocycles. The third kappa shape index (κ3) is 5.30. The van der Waals surface area contributed by atoms with Crippen LogP contribution in [0.5, 0.6) is 0 Å². The van der Waals surface area contributed by atoms with Crippen LogP contribution in [0.4, 0.5) is 17.1 Å². The van der Waals surface area contributed by atoms with E-state index in [9.17, 15) is 0 Å². The van der Waals surface area contributed by atoms with Gasteiger partial charge in [-0.1, -0.05) is 146 Å². The van der Waals surface area contributed by atoms with Gasteiger partial charge in [-0.05, 0) is 110 Å². The summed E-state index contributed by atoms with van der Waals surface area (Å²) in [5.41, 5.74) is 12.3. The van der Waals surface area contributed by atoms with Crippen LogP contribution in [0, 0.1) is 0 Å². The normalized spacial score (nSPS) is 11.5. The van der Waals surface area contributed by atoms with E-state index in [0.717, 1.165) is 44.4 Å². The summed E-state index contributed by atoms with van der Waals surface area (Å²) in [7, 11) is 0. The number of hydrogen-bond donors (Lipinski definition) is 0. The van der Waals surface area contributed by atoms with Crippen LogP contribution in [0.3, 0.4) is 0 Å². The van der Waals surface area contributed by atoms with Crippen molar-refractivity contribution < 1.29 is 4.42 Å². The molecule has 0 saturated carbocycles. The van der Waals surface area contributed by atoms with E-state index in [-0.39, 0.29) is 0 Å². The molecule has 0 N–H and O–H groups in total. The van der Waals surface area contributed by atoms with E-state index in [0.29, 0.717) is 0 Å². The van der Waals surface area contributed by atoms with Gasteiger partial charge in [0, 0.05) is 27.8 Å². The zero-order valence-corrected chi connectivity index (χ0v) is 28.4. The molecule has 0 unspecified atom stereocenters. The van der Waals surface area contributed by atoms with Crippen LogP contribution >= 0.6 is 0 Å². The molecular formula is C50H33NO. The van der Waals surface area contributed by atoms with Gasteiger partial charge < -0.3 is 9.32 Å². The van der Waals surface area contributed by atoms with Crippen molar-refractivity contribution in [1.82, 2.24) is 0 Å². The number of para-hydroxylation sites is 1. The zero-order chi connectivity index (χ0) is 34.4. The van der Waals surface area contributed by atoms with E-state index in [1.165, 1.54) is 49.5 Å². The Morgan fingerprint density at radius 3 is 1.46 bits per heavy atom. The van der Waals surface area contributed by atoms with Crippen molar-refractivity contribution in [2.45, 2.75) is 0 Å². The first-order valence-electron chi connectivity index (χ1n) is 17.7. The maximum atomic E-state index is 6.27. The molecule has 0 atom stereocenters. The summed E-state index contributed by atoms with van der Waals surface area (Å²) in [6, 6.07) is 71.9. The number of nitrogens with zero attached hydrogens (tertiary/aromatic N) is 1. The number of furan rings is 1. The van der Waals surface area contributed by atoms with Crippen LogP contribution in [-0.4, -0.2) is 0 Å². The van der Waals surface area contributed by atoms with Crippen molar-refractivity contribution in [3.05, 3.63) is 200 Å². The van der Waals surface area contributed by atoms with Gasteiger partial charge in [-0.15, -0.1) is 0 Å². The molecule has 0 aliphatic heterocycles. The van der Waals surface area contributed by atoms with E-state index < -0.39 is 0 Å². The first kappa shape index (κ1) is 30.0. The highest BCUT2D eigenvalue weighted by molar-refractivity contribution is 6.17. The number of hydrogen-bond acceptors (Lipinski definition) is 2. The molecular weight excluding hydrogens is 631 g/mol. The van der Waals surface area contributed by atoms with E-state index in [1.807, 2.05) is 12.1 Å². The van der Waals surface area contributed by atoms with Crippen LogP contribution in [-0.2, 0) is 0 Å². The van der Waals surface area contributed by atoms with Gasteiger partial charge >= 0.3 is 0 Å². The fourth-order valence-electron chi connectivity index (χ4n) is 7.61. The molecule has 2 nitrogen and oxygen atoms in total. The number of rotatable bonds is 6. The summed E-state index contributed by atoms with van der Waals surface area (Å²) in [6.07, 6.45) is 0. The molecule has 1 aromatic heterocycles. The fourth-order valence-corrected chi connectivity index (χ4v) is 7.61. The van der Waals surface area contributed by atoms with E-state index >= 15 is 0 Å². The molecule has 244 valence electrons. The second kappa shape index (κ2) is 12.5. The standard InChI is InChI=1S/C50H33NO/c1-3-11-34(12-4-1)36-21-23-37(24-22-36)40-16-10-18-43(30-40)51(42-17-9-15-39(29-42)35-13-5-2-6-14-35)44-28-27-38-25-26-41-31-50-48(33-47(41)46(38)32-44)45-19-7-8-20-49(45)52-50/h1-33H. The van der Waals surface area contributed by atoms with Gasteiger partial charge in [0.05, 0.1) is 0 Å². The lowest BCUT2D eigenvalue weighted by molar-refractivity contribution is 0.669. The van der Waals surface area contributed by atoms with Gasteiger partial charge in [0.1, 0.15) is 11.2 Å². The van der Waals surface area contributed by atoms with Crippen LogP contribution in [0.25, 0.3) is 76.9 Å². The lowest BCUT2D eigenvalue weighted by Crippen LogP contribution is -2.10. The van der Waals surface area contributed by atoms with Crippen molar-refractivity contribution in [1.29, 1.82) is 0 Å². The maximum Gasteiger partial charge on any atom is 0.136 e. The molecule has 0 aliphatic carbocycles. The second-order valence-corrected chi connectivity index (χ2v) is 13.4. The topological polar surface area (TPSA) is 16.4 Å². The van der Waals surface area contributed by atoms with Crippen LogP contribution in [0.1, 0.15) is 0 Å². The molecule has 0 amide bonds. The van der Waals surface area contributed by atoms with Gasteiger partial charge in [0.15, 0.2) is 0 Å². The summed E-state index contributed by atoms with van der Waals surface area (Å²) < 4.78 is 6.27. The van der Waals surface area contributed by atoms with Crippen LogP contribution in [0.15, 0.2) is 205 Å². The average Bonchev–Trinajstić information content (AvgIpc) is 3.58. The van der Waals surface area contributed by atoms with E-state index in [4.69, 9.17) is 4.42 Å². The monoisotopic (exact) mass is 663 g/mol. The van der Waals surface area contributed by atoms with Crippen molar-refractivity contribution in [2.24, 2.45) is 0 Å². The fraction of sp³-hybridized carbons (Fsp3) is 0. The third-order valence-corrected chi connectivity index (χ3v) is 10.2. The first-order valence-corrected chi connectivity index (χ1v) is 17.7. The zero-order valence-electron chi connectivity index (χ0n) is 28.4. The van der Waals surface area contributed by atoms with Gasteiger partial charge in [0.25, 0.3) is 0 Å². The minimum absolute atomic E-state index is 0.914. The highest BCUT2D eigenvalue weighted by Crippen LogP contribution is 2.41. The highest BCUT2D eigenvalue weighted by Gasteiger charge is 2.17. The Bertz CT molecular complexity index is 2890. The largest absolute Gasteiger partial charge is 0.456 e. The Hall–Kier alpha value is -6.90. The Morgan fingerprint density at radius 1 is 0.269 bits per heavy atom. The predicted molar refractivity (Wildman–Crippen MR) is 220 cm³/mol. The SMILES string of the molecule is c1ccc(-c2ccc(-c3cccc(N(c4cccc(-c5ccccc5)c4)c4ccc5ccc6cc7oc8ccccc8c7cc6c5c4)c3)cc2)cc1. The van der Waals surface area contributed by atoms with E-state index in [2.05, 4.69) is 193 Å². The van der Waals surface area contributed by atoms with Gasteiger partial charge in [-0.25, -0.2) is 0 Å². The number of anilines is 3. The third-order valence-electron chi connectivity index (χ3n) is 10.2. The Morgan fingerprint density at radius 2 is 0.769 bits per heavy atom. The second-order valence-electron chi connectivity index (χ2n) is 13.4. The summed E-state index contributed by atoms with van der Waals surface area (Å²) in [5.74, 6) is 0. The molecule has 1 heterocycles. The summed E-state index contributed by atoms with van der Waals surface area (Å²) in [5, 5.41) is 7.06. The lowest BCUT2D eigenvalue weighted by Gasteiger charge is -2.27. The van der Waals surface area contributed by atoms with E-state index in [1.54, 1.807) is 0 Å². The van der Waals surface area contributed by atoms with Gasteiger partial charge in [-0.2, -0.15) is 0 Å². The Kier molecular flexibility index (Phi) is 7.18. The Balaban J connectivity index is 1.14. The smallest absolute Gasteiger partial charge is 0.136 e. The summed E-state index contributed by atoms with van der Waals surface area (Å²) >= 11 is 0. The molecule has 0 aliphatic rings. The number of benzene rings is 9. The Labute approximate surface area is 302 Å². The van der Waals surface area contributed by atoms with Crippen LogP contribution in [0.2, 0.25) is 0 Å². The molecule has 0 saturated heterocycles. The van der Waals surface area contributed by atoms with Crippen molar-refractivity contribution in [3.63, 3.8) is 0 Å². The summed E-state index contributed by atoms with van der Waals surface area (Å²) in [6.45, 7) is 0. The minimum atomic E-state index is 0.914. The quantitative estimate of drug-likeness (QED) is 0.165. The molecule has 52 heavy (non-hydrogen) atoms. The lowest BCUT2D eigenvalue weighted by atomic mass is 9.98. The van der Waals surface area contributed by atoms with Gasteiger partial charge in [-0.3, -0.25) is 0 Å².